The minimum Gasteiger partial charge on any atom is -0.383 e. The average Bonchev–Trinajstić information content (AvgIpc) is 2.78. The summed E-state index contributed by atoms with van der Waals surface area (Å²) in [5.41, 5.74) is 0. The van der Waals surface area contributed by atoms with Gasteiger partial charge in [-0.05, 0) is 0 Å². The van der Waals surface area contributed by atoms with Gasteiger partial charge in [0.25, 0.3) is 0 Å². The Morgan fingerprint density at radius 2 is 2.16 bits per heavy atom. The normalized spacial score (nSPS) is 12.2. The summed E-state index contributed by atoms with van der Waals surface area (Å²) in [6.45, 7) is 6.07. The van der Waals surface area contributed by atoms with Crippen LogP contribution in [0.15, 0.2) is 17.3 Å². The van der Waals surface area contributed by atoms with E-state index in [-0.39, 0.29) is 11.4 Å². The summed E-state index contributed by atoms with van der Waals surface area (Å²) in [7, 11) is -1.96. The smallest absolute Gasteiger partial charge is 0.243 e. The van der Waals surface area contributed by atoms with Crippen molar-refractivity contribution >= 4 is 10.0 Å². The molecule has 19 heavy (non-hydrogen) atoms. The molecule has 7 nitrogen and oxygen atoms in total. The average molecular weight is 290 g/mol. The SMILES string of the molecule is COCCNS(=O)(=O)c1cnn(CCNC(C)C)c1. The van der Waals surface area contributed by atoms with E-state index in [0.717, 1.165) is 6.54 Å². The van der Waals surface area contributed by atoms with Gasteiger partial charge in [0.2, 0.25) is 10.0 Å². The zero-order valence-corrected chi connectivity index (χ0v) is 12.4. The van der Waals surface area contributed by atoms with Crippen LogP contribution in [0.5, 0.6) is 0 Å². The second-order valence-electron chi connectivity index (χ2n) is 4.44. The lowest BCUT2D eigenvalue weighted by atomic mass is 10.4. The molecule has 0 spiro atoms. The van der Waals surface area contributed by atoms with E-state index in [1.165, 1.54) is 19.5 Å². The van der Waals surface area contributed by atoms with E-state index >= 15 is 0 Å². The Hall–Kier alpha value is -0.960. The molecule has 0 aliphatic heterocycles. The number of nitrogens with zero attached hydrogens (tertiary/aromatic N) is 2. The third kappa shape index (κ3) is 5.68. The minimum atomic E-state index is -3.49. The summed E-state index contributed by atoms with van der Waals surface area (Å²) in [4.78, 5) is 0.174. The highest BCUT2D eigenvalue weighted by Crippen LogP contribution is 2.06. The van der Waals surface area contributed by atoms with Crippen LogP contribution < -0.4 is 10.0 Å². The first-order valence-corrected chi connectivity index (χ1v) is 7.68. The molecule has 0 unspecified atom stereocenters. The maximum absolute atomic E-state index is 11.9. The summed E-state index contributed by atoms with van der Waals surface area (Å²) in [5.74, 6) is 0. The molecule has 1 rings (SSSR count). The summed E-state index contributed by atoms with van der Waals surface area (Å²) in [5, 5.41) is 7.28. The molecule has 1 heterocycles. The van der Waals surface area contributed by atoms with Gasteiger partial charge in [0.15, 0.2) is 0 Å². The molecule has 0 saturated heterocycles. The van der Waals surface area contributed by atoms with Crippen LogP contribution in [0.25, 0.3) is 0 Å². The largest absolute Gasteiger partial charge is 0.383 e. The van der Waals surface area contributed by atoms with E-state index in [9.17, 15) is 8.42 Å². The van der Waals surface area contributed by atoms with Gasteiger partial charge in [-0.15, -0.1) is 0 Å². The molecule has 0 amide bonds. The van der Waals surface area contributed by atoms with Gasteiger partial charge >= 0.3 is 0 Å². The third-order valence-corrected chi connectivity index (χ3v) is 3.83. The molecule has 8 heteroatoms. The summed E-state index contributed by atoms with van der Waals surface area (Å²) in [6, 6.07) is 0.398. The van der Waals surface area contributed by atoms with E-state index in [1.54, 1.807) is 4.68 Å². The Balaban J connectivity index is 2.53. The predicted octanol–water partition coefficient (Wildman–Crippen LogP) is -0.194. The highest BCUT2D eigenvalue weighted by Gasteiger charge is 2.15. The number of sulfonamides is 1. The molecular weight excluding hydrogens is 268 g/mol. The quantitative estimate of drug-likeness (QED) is 0.616. The van der Waals surface area contributed by atoms with E-state index in [2.05, 4.69) is 29.0 Å². The van der Waals surface area contributed by atoms with E-state index < -0.39 is 10.0 Å². The topological polar surface area (TPSA) is 85.2 Å². The van der Waals surface area contributed by atoms with Crippen LogP contribution in [0, 0.1) is 0 Å². The molecule has 0 fully saturated rings. The molecule has 110 valence electrons. The van der Waals surface area contributed by atoms with Gasteiger partial charge in [0.05, 0.1) is 19.3 Å². The lowest BCUT2D eigenvalue weighted by Crippen LogP contribution is -2.27. The Morgan fingerprint density at radius 3 is 2.79 bits per heavy atom. The van der Waals surface area contributed by atoms with Gasteiger partial charge in [-0.25, -0.2) is 13.1 Å². The monoisotopic (exact) mass is 290 g/mol. The summed E-state index contributed by atoms with van der Waals surface area (Å²) in [6.07, 6.45) is 2.88. The minimum absolute atomic E-state index is 0.174. The second-order valence-corrected chi connectivity index (χ2v) is 6.21. The zero-order valence-electron chi connectivity index (χ0n) is 11.6. The summed E-state index contributed by atoms with van der Waals surface area (Å²) >= 11 is 0. The molecule has 0 atom stereocenters. The molecule has 2 N–H and O–H groups in total. The first-order valence-electron chi connectivity index (χ1n) is 6.20. The fourth-order valence-electron chi connectivity index (χ4n) is 1.43. The first kappa shape index (κ1) is 16.1. The second kappa shape index (κ2) is 7.59. The van der Waals surface area contributed by atoms with E-state index in [4.69, 9.17) is 4.74 Å². The van der Waals surface area contributed by atoms with Crippen LogP contribution in [0.1, 0.15) is 13.8 Å². The number of nitrogens with one attached hydrogen (secondary N) is 2. The van der Waals surface area contributed by atoms with Crippen molar-refractivity contribution in [3.8, 4) is 0 Å². The van der Waals surface area contributed by atoms with Gasteiger partial charge in [0, 0.05) is 32.4 Å². The number of hydrogen-bond donors (Lipinski definition) is 2. The fraction of sp³-hybridized carbons (Fsp3) is 0.727. The lowest BCUT2D eigenvalue weighted by molar-refractivity contribution is 0.204. The van der Waals surface area contributed by atoms with Crippen molar-refractivity contribution in [1.29, 1.82) is 0 Å². The number of rotatable bonds is 9. The van der Waals surface area contributed by atoms with Crippen molar-refractivity contribution in [2.75, 3.05) is 26.8 Å². The molecule has 0 bridgehead atoms. The maximum atomic E-state index is 11.9. The first-order chi connectivity index (χ1) is 8.95. The Labute approximate surface area is 114 Å². The lowest BCUT2D eigenvalue weighted by Gasteiger charge is -2.07. The van der Waals surface area contributed by atoms with Crippen molar-refractivity contribution in [3.05, 3.63) is 12.4 Å². The maximum Gasteiger partial charge on any atom is 0.243 e. The van der Waals surface area contributed by atoms with Gasteiger partial charge in [-0.1, -0.05) is 13.8 Å². The standard InChI is InChI=1S/C11H22N4O3S/c1-10(2)12-4-6-15-9-11(8-13-15)19(16,17)14-5-7-18-3/h8-10,12,14H,4-7H2,1-3H3. The number of hydrogen-bond acceptors (Lipinski definition) is 5. The molecule has 0 saturated carbocycles. The molecule has 0 radical (unpaired) electrons. The Morgan fingerprint density at radius 1 is 1.42 bits per heavy atom. The van der Waals surface area contributed by atoms with Gasteiger partial charge in [0.1, 0.15) is 4.90 Å². The Kier molecular flexibility index (Phi) is 6.43. The molecule has 0 aliphatic carbocycles. The molecule has 0 aliphatic rings. The van der Waals surface area contributed by atoms with Crippen molar-refractivity contribution in [3.63, 3.8) is 0 Å². The van der Waals surface area contributed by atoms with Crippen molar-refractivity contribution in [1.82, 2.24) is 19.8 Å². The molecule has 1 aromatic rings. The zero-order chi connectivity index (χ0) is 14.3. The van der Waals surface area contributed by atoms with E-state index in [0.29, 0.717) is 19.2 Å². The number of methoxy groups -OCH3 is 1. The Bertz CT molecular complexity index is 470. The molecule has 0 aromatic carbocycles. The van der Waals surface area contributed by atoms with Gasteiger partial charge in [-0.2, -0.15) is 5.10 Å². The summed E-state index contributed by atoms with van der Waals surface area (Å²) < 4.78 is 32.6. The fourth-order valence-corrected chi connectivity index (χ4v) is 2.40. The predicted molar refractivity (Wildman–Crippen MR) is 72.4 cm³/mol. The van der Waals surface area contributed by atoms with Gasteiger partial charge < -0.3 is 10.1 Å². The third-order valence-electron chi connectivity index (χ3n) is 2.41. The van der Waals surface area contributed by atoms with Crippen LogP contribution in [-0.4, -0.2) is 51.0 Å². The van der Waals surface area contributed by atoms with E-state index in [1.807, 2.05) is 0 Å². The van der Waals surface area contributed by atoms with Crippen molar-refractivity contribution in [2.45, 2.75) is 31.3 Å². The molecular formula is C11H22N4O3S. The number of ether oxygens (including phenoxy) is 1. The highest BCUT2D eigenvalue weighted by atomic mass is 32.2. The van der Waals surface area contributed by atoms with Crippen LogP contribution in [0.2, 0.25) is 0 Å². The van der Waals surface area contributed by atoms with Crippen LogP contribution in [-0.2, 0) is 21.3 Å². The van der Waals surface area contributed by atoms with Crippen LogP contribution in [0.4, 0.5) is 0 Å². The number of aromatic nitrogens is 2. The highest BCUT2D eigenvalue weighted by molar-refractivity contribution is 7.89. The van der Waals surface area contributed by atoms with Crippen LogP contribution in [0.3, 0.4) is 0 Å². The van der Waals surface area contributed by atoms with Crippen molar-refractivity contribution in [2.24, 2.45) is 0 Å². The molecule has 1 aromatic heterocycles. The van der Waals surface area contributed by atoms with Gasteiger partial charge in [-0.3, -0.25) is 4.68 Å². The van der Waals surface area contributed by atoms with Crippen molar-refractivity contribution < 1.29 is 13.2 Å². The van der Waals surface area contributed by atoms with Crippen LogP contribution >= 0.6 is 0 Å².